The normalized spacial score (nSPS) is 15.7. The average Bonchev–Trinajstić information content (AvgIpc) is 3.08. The SMILES string of the molecule is O=C(OCc1ccccc1)N1c2ccc(-c3ccccc3)cc2CC1CC(F)(F)F. The van der Waals surface area contributed by atoms with Gasteiger partial charge in [-0.2, -0.15) is 13.2 Å². The molecule has 1 aliphatic heterocycles. The van der Waals surface area contributed by atoms with Gasteiger partial charge in [0.05, 0.1) is 18.2 Å². The summed E-state index contributed by atoms with van der Waals surface area (Å²) in [7, 11) is 0. The van der Waals surface area contributed by atoms with Crippen LogP contribution in [0.4, 0.5) is 23.7 Å². The molecule has 0 N–H and O–H groups in total. The molecule has 30 heavy (non-hydrogen) atoms. The average molecular weight is 411 g/mol. The number of hydrogen-bond acceptors (Lipinski definition) is 2. The molecule has 0 bridgehead atoms. The number of nitrogens with zero attached hydrogens (tertiary/aromatic N) is 1. The fourth-order valence-corrected chi connectivity index (χ4v) is 3.80. The molecule has 3 nitrogen and oxygen atoms in total. The van der Waals surface area contributed by atoms with Crippen LogP contribution in [0.3, 0.4) is 0 Å². The molecule has 1 atom stereocenters. The molecular weight excluding hydrogens is 391 g/mol. The van der Waals surface area contributed by atoms with Gasteiger partial charge in [-0.25, -0.2) is 4.79 Å². The van der Waals surface area contributed by atoms with Gasteiger partial charge in [-0.15, -0.1) is 0 Å². The number of benzene rings is 3. The van der Waals surface area contributed by atoms with E-state index in [9.17, 15) is 18.0 Å². The molecule has 1 aliphatic rings. The third-order valence-electron chi connectivity index (χ3n) is 5.14. The van der Waals surface area contributed by atoms with Crippen LogP contribution in [0.5, 0.6) is 0 Å². The molecule has 4 rings (SSSR count). The Morgan fingerprint density at radius 2 is 1.60 bits per heavy atom. The molecule has 1 amide bonds. The van der Waals surface area contributed by atoms with Gasteiger partial charge in [-0.05, 0) is 40.8 Å². The lowest BCUT2D eigenvalue weighted by atomic mass is 10.0. The van der Waals surface area contributed by atoms with Crippen molar-refractivity contribution in [2.45, 2.75) is 31.7 Å². The van der Waals surface area contributed by atoms with Crippen molar-refractivity contribution in [1.82, 2.24) is 0 Å². The zero-order valence-electron chi connectivity index (χ0n) is 16.1. The first-order valence-corrected chi connectivity index (χ1v) is 9.66. The van der Waals surface area contributed by atoms with E-state index in [-0.39, 0.29) is 13.0 Å². The van der Waals surface area contributed by atoms with Crippen molar-refractivity contribution in [2.75, 3.05) is 4.90 Å². The molecule has 0 aliphatic carbocycles. The van der Waals surface area contributed by atoms with Crippen LogP contribution < -0.4 is 4.90 Å². The summed E-state index contributed by atoms with van der Waals surface area (Å²) in [6.07, 6.45) is -6.09. The van der Waals surface area contributed by atoms with Gasteiger partial charge < -0.3 is 4.74 Å². The molecule has 0 saturated carbocycles. The summed E-state index contributed by atoms with van der Waals surface area (Å²) in [6, 6.07) is 23.0. The van der Waals surface area contributed by atoms with Crippen LogP contribution in [0, 0.1) is 0 Å². The third-order valence-corrected chi connectivity index (χ3v) is 5.14. The summed E-state index contributed by atoms with van der Waals surface area (Å²) in [6.45, 7) is 0.00629. The molecule has 0 radical (unpaired) electrons. The molecule has 3 aromatic rings. The number of halogens is 3. The largest absolute Gasteiger partial charge is 0.444 e. The van der Waals surface area contributed by atoms with Gasteiger partial charge in [0.2, 0.25) is 0 Å². The van der Waals surface area contributed by atoms with Crippen molar-refractivity contribution in [1.29, 1.82) is 0 Å². The quantitative estimate of drug-likeness (QED) is 0.499. The lowest BCUT2D eigenvalue weighted by molar-refractivity contribution is -0.137. The van der Waals surface area contributed by atoms with E-state index in [1.807, 2.05) is 60.7 Å². The van der Waals surface area contributed by atoms with E-state index in [1.165, 1.54) is 0 Å². The predicted octanol–water partition coefficient (Wildman–Crippen LogP) is 6.37. The number of alkyl halides is 3. The maximum absolute atomic E-state index is 13.2. The topological polar surface area (TPSA) is 29.5 Å². The number of carbonyl (C=O) groups is 1. The van der Waals surface area contributed by atoms with Crippen molar-refractivity contribution < 1.29 is 22.7 Å². The Balaban J connectivity index is 1.60. The second kappa shape index (κ2) is 8.22. The van der Waals surface area contributed by atoms with Gasteiger partial charge in [-0.1, -0.05) is 66.7 Å². The molecule has 0 fully saturated rings. The van der Waals surface area contributed by atoms with Crippen LogP contribution in [0.25, 0.3) is 11.1 Å². The maximum Gasteiger partial charge on any atom is 0.414 e. The lowest BCUT2D eigenvalue weighted by Crippen LogP contribution is -2.40. The van der Waals surface area contributed by atoms with Crippen LogP contribution in [-0.4, -0.2) is 18.3 Å². The van der Waals surface area contributed by atoms with Crippen LogP contribution in [0.2, 0.25) is 0 Å². The molecule has 0 aromatic heterocycles. The number of carbonyl (C=O) groups excluding carboxylic acids is 1. The first kappa shape index (κ1) is 20.0. The van der Waals surface area contributed by atoms with Crippen molar-refractivity contribution in [3.63, 3.8) is 0 Å². The van der Waals surface area contributed by atoms with Gasteiger partial charge in [0.25, 0.3) is 0 Å². The first-order valence-electron chi connectivity index (χ1n) is 9.66. The minimum absolute atomic E-state index is 0.00629. The number of amides is 1. The zero-order valence-corrected chi connectivity index (χ0v) is 16.1. The molecule has 6 heteroatoms. The smallest absolute Gasteiger partial charge is 0.414 e. The van der Waals surface area contributed by atoms with Crippen LogP contribution in [-0.2, 0) is 17.8 Å². The van der Waals surface area contributed by atoms with Gasteiger partial charge >= 0.3 is 12.3 Å². The summed E-state index contributed by atoms with van der Waals surface area (Å²) >= 11 is 0. The summed E-state index contributed by atoms with van der Waals surface area (Å²) in [5, 5.41) is 0. The van der Waals surface area contributed by atoms with Gasteiger partial charge in [0, 0.05) is 0 Å². The lowest BCUT2D eigenvalue weighted by Gasteiger charge is -2.25. The second-order valence-corrected chi connectivity index (χ2v) is 7.30. The number of ether oxygens (including phenoxy) is 1. The Labute approximate surface area is 172 Å². The third kappa shape index (κ3) is 4.48. The van der Waals surface area contributed by atoms with Crippen molar-refractivity contribution in [3.8, 4) is 11.1 Å². The van der Waals surface area contributed by atoms with E-state index >= 15 is 0 Å². The summed E-state index contributed by atoms with van der Waals surface area (Å²) in [4.78, 5) is 13.9. The minimum atomic E-state index is -4.38. The highest BCUT2D eigenvalue weighted by Gasteiger charge is 2.42. The van der Waals surface area contributed by atoms with Crippen LogP contribution >= 0.6 is 0 Å². The minimum Gasteiger partial charge on any atom is -0.444 e. The standard InChI is InChI=1S/C24H20F3NO2/c25-24(26,27)15-21-14-20-13-19(18-9-5-2-6-10-18)11-12-22(20)28(21)23(29)30-16-17-7-3-1-4-8-17/h1-13,21H,14-16H2. The monoisotopic (exact) mass is 411 g/mol. The Bertz CT molecular complexity index is 1020. The van der Waals surface area contributed by atoms with Gasteiger partial charge in [-0.3, -0.25) is 4.90 Å². The van der Waals surface area contributed by atoms with Crippen molar-refractivity contribution in [2.24, 2.45) is 0 Å². The summed E-state index contributed by atoms with van der Waals surface area (Å²) in [5.41, 5.74) is 3.83. The molecule has 0 spiro atoms. The number of hydrogen-bond donors (Lipinski definition) is 0. The first-order chi connectivity index (χ1) is 14.4. The Hall–Kier alpha value is -3.28. The molecule has 154 valence electrons. The summed E-state index contributed by atoms with van der Waals surface area (Å²) < 4.78 is 44.9. The summed E-state index contributed by atoms with van der Waals surface area (Å²) in [5.74, 6) is 0. The van der Waals surface area contributed by atoms with E-state index in [4.69, 9.17) is 4.74 Å². The Morgan fingerprint density at radius 3 is 2.27 bits per heavy atom. The van der Waals surface area contributed by atoms with E-state index in [0.29, 0.717) is 11.3 Å². The van der Waals surface area contributed by atoms with Gasteiger partial charge in [0.1, 0.15) is 6.61 Å². The fraction of sp³-hybridized carbons (Fsp3) is 0.208. The highest BCUT2D eigenvalue weighted by atomic mass is 19.4. The second-order valence-electron chi connectivity index (χ2n) is 7.30. The Morgan fingerprint density at radius 1 is 0.933 bits per heavy atom. The van der Waals surface area contributed by atoms with E-state index in [0.717, 1.165) is 21.6 Å². The van der Waals surface area contributed by atoms with E-state index < -0.39 is 24.7 Å². The van der Waals surface area contributed by atoms with Crippen molar-refractivity contribution >= 4 is 11.8 Å². The van der Waals surface area contributed by atoms with Gasteiger partial charge in [0.15, 0.2) is 0 Å². The number of anilines is 1. The number of rotatable bonds is 4. The highest BCUT2D eigenvalue weighted by Crippen LogP contribution is 2.39. The zero-order chi connectivity index (χ0) is 21.1. The van der Waals surface area contributed by atoms with E-state index in [2.05, 4.69) is 0 Å². The highest BCUT2D eigenvalue weighted by molar-refractivity contribution is 5.92. The molecular formula is C24H20F3NO2. The molecule has 1 unspecified atom stereocenters. The predicted molar refractivity (Wildman–Crippen MR) is 109 cm³/mol. The molecule has 1 heterocycles. The van der Waals surface area contributed by atoms with E-state index in [1.54, 1.807) is 18.2 Å². The van der Waals surface area contributed by atoms with Crippen LogP contribution in [0.15, 0.2) is 78.9 Å². The van der Waals surface area contributed by atoms with Crippen LogP contribution in [0.1, 0.15) is 17.5 Å². The maximum atomic E-state index is 13.2. The fourth-order valence-electron chi connectivity index (χ4n) is 3.80. The number of fused-ring (bicyclic) bond motifs is 1. The van der Waals surface area contributed by atoms with Crippen molar-refractivity contribution in [3.05, 3.63) is 90.0 Å². The molecule has 3 aromatic carbocycles. The Kier molecular flexibility index (Phi) is 5.48. The molecule has 0 saturated heterocycles.